The Balaban J connectivity index is 1.70. The molecule has 116 valence electrons. The molecule has 1 aromatic carbocycles. The second-order valence-electron chi connectivity index (χ2n) is 5.98. The van der Waals surface area contributed by atoms with Crippen LogP contribution in [-0.4, -0.2) is 39.0 Å². The molecule has 2 saturated heterocycles. The van der Waals surface area contributed by atoms with E-state index in [1.165, 1.54) is 6.07 Å². The largest absolute Gasteiger partial charge is 0.491 e. The molecule has 2 N–H and O–H groups in total. The third-order valence-electron chi connectivity index (χ3n) is 4.30. The predicted molar refractivity (Wildman–Crippen MR) is 80.2 cm³/mol. The van der Waals surface area contributed by atoms with Crippen molar-refractivity contribution in [1.82, 2.24) is 0 Å². The summed E-state index contributed by atoms with van der Waals surface area (Å²) < 4.78 is 24.9. The zero-order chi connectivity index (χ0) is 14.7. The van der Waals surface area contributed by atoms with Crippen LogP contribution in [-0.2, 0) is 4.74 Å². The molecule has 0 radical (unpaired) electrons. The molecule has 2 aliphatic rings. The molecule has 2 fully saturated rings. The summed E-state index contributed by atoms with van der Waals surface area (Å²) in [4.78, 5) is 2.17. The van der Waals surface area contributed by atoms with Crippen molar-refractivity contribution in [3.05, 3.63) is 24.0 Å². The van der Waals surface area contributed by atoms with Gasteiger partial charge in [0.25, 0.3) is 0 Å². The Morgan fingerprint density at radius 3 is 2.81 bits per heavy atom. The Bertz CT molecular complexity index is 469. The normalized spacial score (nSPS) is 23.5. The lowest BCUT2D eigenvalue weighted by Gasteiger charge is -2.33. The van der Waals surface area contributed by atoms with Gasteiger partial charge in [-0.15, -0.1) is 0 Å². The second kappa shape index (κ2) is 6.62. The highest BCUT2D eigenvalue weighted by molar-refractivity contribution is 5.59. The summed E-state index contributed by atoms with van der Waals surface area (Å²) in [6.07, 6.45) is 2.91. The van der Waals surface area contributed by atoms with Gasteiger partial charge in [0.05, 0.1) is 18.9 Å². The molecule has 1 unspecified atom stereocenters. The van der Waals surface area contributed by atoms with Crippen molar-refractivity contribution in [3.8, 4) is 5.75 Å². The summed E-state index contributed by atoms with van der Waals surface area (Å²) in [5, 5.41) is 0. The van der Waals surface area contributed by atoms with Crippen LogP contribution in [0.3, 0.4) is 0 Å². The van der Waals surface area contributed by atoms with Gasteiger partial charge in [-0.25, -0.2) is 4.39 Å². The molecular formula is C16H23FN2O2. The highest BCUT2D eigenvalue weighted by Crippen LogP contribution is 2.32. The maximum Gasteiger partial charge on any atom is 0.142 e. The zero-order valence-electron chi connectivity index (χ0n) is 12.3. The lowest BCUT2D eigenvalue weighted by atomic mass is 10.1. The molecule has 4 nitrogen and oxygen atoms in total. The quantitative estimate of drug-likeness (QED) is 0.924. The van der Waals surface area contributed by atoms with Crippen LogP contribution in [0.5, 0.6) is 5.75 Å². The maximum absolute atomic E-state index is 13.6. The standard InChI is InChI=1S/C16H23FN2O2/c17-13-1-2-16(21-11-12-5-8-20-10-12)15(9-13)19-6-3-14(18)4-7-19/h1-2,9,12,14H,3-8,10-11,18H2. The van der Waals surface area contributed by atoms with Gasteiger partial charge in [0, 0.05) is 37.7 Å². The summed E-state index contributed by atoms with van der Waals surface area (Å²) >= 11 is 0. The van der Waals surface area contributed by atoms with E-state index < -0.39 is 0 Å². The highest BCUT2D eigenvalue weighted by atomic mass is 19.1. The van der Waals surface area contributed by atoms with E-state index in [0.717, 1.165) is 57.0 Å². The summed E-state index contributed by atoms with van der Waals surface area (Å²) in [5.74, 6) is 0.980. The Labute approximate surface area is 125 Å². The van der Waals surface area contributed by atoms with Crippen LogP contribution in [0.25, 0.3) is 0 Å². The number of nitrogens with two attached hydrogens (primary N) is 1. The van der Waals surface area contributed by atoms with E-state index >= 15 is 0 Å². The number of hydrogen-bond acceptors (Lipinski definition) is 4. The number of halogens is 1. The van der Waals surface area contributed by atoms with Gasteiger partial charge in [-0.2, -0.15) is 0 Å². The van der Waals surface area contributed by atoms with Crippen molar-refractivity contribution in [2.75, 3.05) is 37.8 Å². The van der Waals surface area contributed by atoms with Crippen molar-refractivity contribution in [3.63, 3.8) is 0 Å². The minimum atomic E-state index is -0.226. The van der Waals surface area contributed by atoms with Gasteiger partial charge < -0.3 is 20.1 Å². The molecule has 2 heterocycles. The minimum Gasteiger partial charge on any atom is -0.491 e. The fourth-order valence-electron chi connectivity index (χ4n) is 2.92. The van der Waals surface area contributed by atoms with E-state index in [4.69, 9.17) is 15.2 Å². The van der Waals surface area contributed by atoms with Crippen LogP contribution in [0.15, 0.2) is 18.2 Å². The molecule has 5 heteroatoms. The minimum absolute atomic E-state index is 0.226. The molecule has 0 spiro atoms. The number of benzene rings is 1. The average molecular weight is 294 g/mol. The molecule has 0 bridgehead atoms. The van der Waals surface area contributed by atoms with Gasteiger partial charge in [0.15, 0.2) is 0 Å². The second-order valence-corrected chi connectivity index (χ2v) is 5.98. The smallest absolute Gasteiger partial charge is 0.142 e. The van der Waals surface area contributed by atoms with Crippen molar-refractivity contribution in [2.24, 2.45) is 11.7 Å². The summed E-state index contributed by atoms with van der Waals surface area (Å²) in [6.45, 7) is 3.91. The van der Waals surface area contributed by atoms with Gasteiger partial charge in [-0.1, -0.05) is 0 Å². The molecule has 0 aliphatic carbocycles. The summed E-state index contributed by atoms with van der Waals surface area (Å²) in [5.41, 5.74) is 6.79. The predicted octanol–water partition coefficient (Wildman–Crippen LogP) is 2.17. The van der Waals surface area contributed by atoms with E-state index in [9.17, 15) is 4.39 Å². The topological polar surface area (TPSA) is 47.7 Å². The number of nitrogens with zero attached hydrogens (tertiary/aromatic N) is 1. The fraction of sp³-hybridized carbons (Fsp3) is 0.625. The van der Waals surface area contributed by atoms with Gasteiger partial charge in [-0.05, 0) is 31.4 Å². The van der Waals surface area contributed by atoms with Crippen LogP contribution >= 0.6 is 0 Å². The summed E-state index contributed by atoms with van der Waals surface area (Å²) in [7, 11) is 0. The molecule has 1 atom stereocenters. The number of ether oxygens (including phenoxy) is 2. The van der Waals surface area contributed by atoms with Crippen molar-refractivity contribution in [2.45, 2.75) is 25.3 Å². The molecule has 0 amide bonds. The molecule has 0 aromatic heterocycles. The molecule has 21 heavy (non-hydrogen) atoms. The molecule has 2 aliphatic heterocycles. The van der Waals surface area contributed by atoms with E-state index in [2.05, 4.69) is 4.90 Å². The lowest BCUT2D eigenvalue weighted by Crippen LogP contribution is -2.39. The first-order valence-corrected chi connectivity index (χ1v) is 7.73. The first kappa shape index (κ1) is 14.6. The van der Waals surface area contributed by atoms with Gasteiger partial charge in [-0.3, -0.25) is 0 Å². The summed E-state index contributed by atoms with van der Waals surface area (Å²) in [6, 6.07) is 5.02. The first-order chi connectivity index (χ1) is 10.2. The Hall–Kier alpha value is -1.33. The third-order valence-corrected chi connectivity index (χ3v) is 4.30. The van der Waals surface area contributed by atoms with Crippen molar-refractivity contribution < 1.29 is 13.9 Å². The molecule has 1 aromatic rings. The number of hydrogen-bond donors (Lipinski definition) is 1. The fourth-order valence-corrected chi connectivity index (χ4v) is 2.92. The number of piperidine rings is 1. The van der Waals surface area contributed by atoms with E-state index in [-0.39, 0.29) is 11.9 Å². The molecule has 0 saturated carbocycles. The Morgan fingerprint density at radius 2 is 2.10 bits per heavy atom. The van der Waals surface area contributed by atoms with Crippen LogP contribution in [0, 0.1) is 11.7 Å². The lowest BCUT2D eigenvalue weighted by molar-refractivity contribution is 0.167. The van der Waals surface area contributed by atoms with Gasteiger partial charge in [0.1, 0.15) is 11.6 Å². The Morgan fingerprint density at radius 1 is 1.29 bits per heavy atom. The zero-order valence-corrected chi connectivity index (χ0v) is 12.3. The SMILES string of the molecule is NC1CCN(c2cc(F)ccc2OCC2CCOC2)CC1. The molecular weight excluding hydrogens is 271 g/mol. The highest BCUT2D eigenvalue weighted by Gasteiger charge is 2.21. The third kappa shape index (κ3) is 3.66. The van der Waals surface area contributed by atoms with Crippen LogP contribution in [0.2, 0.25) is 0 Å². The van der Waals surface area contributed by atoms with Crippen molar-refractivity contribution in [1.29, 1.82) is 0 Å². The van der Waals surface area contributed by atoms with E-state index in [0.29, 0.717) is 12.5 Å². The monoisotopic (exact) mass is 294 g/mol. The first-order valence-electron chi connectivity index (χ1n) is 7.73. The van der Waals surface area contributed by atoms with E-state index in [1.807, 2.05) is 0 Å². The van der Waals surface area contributed by atoms with Crippen LogP contribution in [0.1, 0.15) is 19.3 Å². The van der Waals surface area contributed by atoms with Crippen LogP contribution < -0.4 is 15.4 Å². The average Bonchev–Trinajstić information content (AvgIpc) is 3.00. The molecule has 3 rings (SSSR count). The Kier molecular flexibility index (Phi) is 4.60. The number of anilines is 1. The maximum atomic E-state index is 13.6. The number of rotatable bonds is 4. The van der Waals surface area contributed by atoms with E-state index in [1.54, 1.807) is 12.1 Å². The van der Waals surface area contributed by atoms with Crippen LogP contribution in [0.4, 0.5) is 10.1 Å². The van der Waals surface area contributed by atoms with Gasteiger partial charge in [0.2, 0.25) is 0 Å². The van der Waals surface area contributed by atoms with Crippen molar-refractivity contribution >= 4 is 5.69 Å². The van der Waals surface area contributed by atoms with Gasteiger partial charge >= 0.3 is 0 Å².